The van der Waals surface area contributed by atoms with Crippen LogP contribution in [0.4, 0.5) is 0 Å². The molecule has 2 saturated heterocycles. The summed E-state index contributed by atoms with van der Waals surface area (Å²) >= 11 is 0. The van der Waals surface area contributed by atoms with E-state index in [1.165, 1.54) is 6.26 Å². The maximum atomic E-state index is 12.6. The van der Waals surface area contributed by atoms with Gasteiger partial charge in [-0.25, -0.2) is 8.42 Å². The number of pyridine rings is 1. The molecule has 3 heterocycles. The third kappa shape index (κ3) is 2.32. The van der Waals surface area contributed by atoms with Crippen LogP contribution >= 0.6 is 0 Å². The number of amides is 1. The predicted octanol–water partition coefficient (Wildman–Crippen LogP) is 1.26. The van der Waals surface area contributed by atoms with Crippen molar-refractivity contribution >= 4 is 15.7 Å². The van der Waals surface area contributed by atoms with E-state index in [0.29, 0.717) is 18.4 Å². The van der Waals surface area contributed by atoms with E-state index >= 15 is 0 Å². The third-order valence-electron chi connectivity index (χ3n) is 4.44. The van der Waals surface area contributed by atoms with E-state index in [9.17, 15) is 13.2 Å². The molecule has 2 bridgehead atoms. The van der Waals surface area contributed by atoms with Crippen LogP contribution in [0, 0.1) is 0 Å². The van der Waals surface area contributed by atoms with Crippen molar-refractivity contribution < 1.29 is 13.2 Å². The highest BCUT2D eigenvalue weighted by molar-refractivity contribution is 7.91. The smallest absolute Gasteiger partial charge is 0.255 e. The molecule has 2 fully saturated rings. The van der Waals surface area contributed by atoms with Crippen LogP contribution in [0.25, 0.3) is 0 Å². The highest BCUT2D eigenvalue weighted by atomic mass is 32.2. The van der Waals surface area contributed by atoms with Gasteiger partial charge in [0, 0.05) is 30.7 Å². The van der Waals surface area contributed by atoms with Gasteiger partial charge in [0.15, 0.2) is 0 Å². The first-order chi connectivity index (χ1) is 9.47. The zero-order chi connectivity index (χ0) is 14.3. The fourth-order valence-corrected chi connectivity index (χ4v) is 4.59. The first kappa shape index (κ1) is 13.5. The first-order valence-electron chi connectivity index (χ1n) is 6.88. The second-order valence-corrected chi connectivity index (χ2v) is 8.09. The van der Waals surface area contributed by atoms with Crippen molar-refractivity contribution in [1.29, 1.82) is 0 Å². The molecule has 20 heavy (non-hydrogen) atoms. The highest BCUT2D eigenvalue weighted by Gasteiger charge is 2.45. The van der Waals surface area contributed by atoms with Gasteiger partial charge in [0.25, 0.3) is 5.91 Å². The summed E-state index contributed by atoms with van der Waals surface area (Å²) in [5, 5.41) is -0.294. The summed E-state index contributed by atoms with van der Waals surface area (Å²) in [7, 11) is -3.02. The zero-order valence-corrected chi connectivity index (χ0v) is 12.2. The molecule has 1 aromatic rings. The van der Waals surface area contributed by atoms with Crippen LogP contribution in [0.5, 0.6) is 0 Å². The molecule has 0 aromatic carbocycles. The van der Waals surface area contributed by atoms with Gasteiger partial charge < -0.3 is 4.90 Å². The van der Waals surface area contributed by atoms with Crippen LogP contribution in [0.1, 0.15) is 36.0 Å². The van der Waals surface area contributed by atoms with E-state index in [4.69, 9.17) is 0 Å². The number of piperidine rings is 1. The lowest BCUT2D eigenvalue weighted by molar-refractivity contribution is 0.0598. The van der Waals surface area contributed by atoms with Gasteiger partial charge in [0.05, 0.1) is 10.8 Å². The van der Waals surface area contributed by atoms with Gasteiger partial charge >= 0.3 is 0 Å². The normalized spacial score (nSPS) is 29.4. The molecule has 1 amide bonds. The number of carbonyl (C=O) groups is 1. The summed E-state index contributed by atoms with van der Waals surface area (Å²) in [6.45, 7) is 0. The molecule has 0 spiro atoms. The zero-order valence-electron chi connectivity index (χ0n) is 11.4. The molecule has 0 radical (unpaired) electrons. The van der Waals surface area contributed by atoms with Crippen molar-refractivity contribution in [2.75, 3.05) is 6.26 Å². The Bertz CT molecular complexity index is 601. The molecule has 0 aliphatic carbocycles. The molecule has 6 heteroatoms. The molecule has 0 saturated carbocycles. The molecular formula is C14H18N2O3S. The lowest BCUT2D eigenvalue weighted by Gasteiger charge is -2.38. The van der Waals surface area contributed by atoms with Crippen LogP contribution < -0.4 is 0 Å². The van der Waals surface area contributed by atoms with Gasteiger partial charge in [0.1, 0.15) is 9.84 Å². The van der Waals surface area contributed by atoms with E-state index in [2.05, 4.69) is 4.98 Å². The number of rotatable bonds is 2. The van der Waals surface area contributed by atoms with Crippen molar-refractivity contribution in [1.82, 2.24) is 9.88 Å². The number of hydrogen-bond acceptors (Lipinski definition) is 4. The molecule has 108 valence electrons. The Balaban J connectivity index is 1.83. The molecule has 5 nitrogen and oxygen atoms in total. The van der Waals surface area contributed by atoms with Gasteiger partial charge in [-0.1, -0.05) is 0 Å². The lowest BCUT2D eigenvalue weighted by atomic mass is 10.0. The Hall–Kier alpha value is -1.43. The second kappa shape index (κ2) is 4.84. The summed E-state index contributed by atoms with van der Waals surface area (Å²) in [5.41, 5.74) is 0.585. The number of fused-ring (bicyclic) bond motifs is 2. The summed E-state index contributed by atoms with van der Waals surface area (Å²) in [5.74, 6) is -0.0162. The minimum absolute atomic E-state index is 0.0162. The van der Waals surface area contributed by atoms with Gasteiger partial charge in [-0.2, -0.15) is 0 Å². The van der Waals surface area contributed by atoms with Crippen molar-refractivity contribution in [3.63, 3.8) is 0 Å². The van der Waals surface area contributed by atoms with Gasteiger partial charge in [0.2, 0.25) is 0 Å². The first-order valence-corrected chi connectivity index (χ1v) is 8.84. The quantitative estimate of drug-likeness (QED) is 0.823. The topological polar surface area (TPSA) is 67.3 Å². The fraction of sp³-hybridized carbons (Fsp3) is 0.571. The molecule has 2 aliphatic heterocycles. The van der Waals surface area contributed by atoms with Crippen molar-refractivity contribution in [2.45, 2.75) is 43.0 Å². The van der Waals surface area contributed by atoms with Gasteiger partial charge in [-0.05, 0) is 37.8 Å². The maximum Gasteiger partial charge on any atom is 0.255 e. The molecule has 2 aliphatic rings. The predicted molar refractivity (Wildman–Crippen MR) is 75.1 cm³/mol. The molecule has 0 N–H and O–H groups in total. The van der Waals surface area contributed by atoms with Crippen LogP contribution in [0.2, 0.25) is 0 Å². The SMILES string of the molecule is CS(=O)(=O)C1CC2CCC(C1)N2C(=O)c1cccnc1. The average Bonchev–Trinajstić information content (AvgIpc) is 2.67. The summed E-state index contributed by atoms with van der Waals surface area (Å²) < 4.78 is 23.5. The Labute approximate surface area is 118 Å². The highest BCUT2D eigenvalue weighted by Crippen LogP contribution is 2.38. The Kier molecular flexibility index (Phi) is 3.28. The molecule has 2 unspecified atom stereocenters. The summed E-state index contributed by atoms with van der Waals surface area (Å²) in [6.07, 6.45) is 7.47. The van der Waals surface area contributed by atoms with Gasteiger partial charge in [-0.15, -0.1) is 0 Å². The van der Waals surface area contributed by atoms with Crippen molar-refractivity contribution in [2.24, 2.45) is 0 Å². The number of nitrogens with zero attached hydrogens (tertiary/aromatic N) is 2. The summed E-state index contributed by atoms with van der Waals surface area (Å²) in [6, 6.07) is 3.62. The van der Waals surface area contributed by atoms with Crippen LogP contribution in [0.3, 0.4) is 0 Å². The average molecular weight is 294 g/mol. The van der Waals surface area contributed by atoms with E-state index in [-0.39, 0.29) is 23.2 Å². The number of hydrogen-bond donors (Lipinski definition) is 0. The lowest BCUT2D eigenvalue weighted by Crippen LogP contribution is -2.49. The van der Waals surface area contributed by atoms with E-state index < -0.39 is 9.84 Å². The molecule has 2 atom stereocenters. The monoisotopic (exact) mass is 294 g/mol. The van der Waals surface area contributed by atoms with Crippen molar-refractivity contribution in [3.8, 4) is 0 Å². The molecule has 1 aromatic heterocycles. The van der Waals surface area contributed by atoms with Crippen LogP contribution in [-0.4, -0.2) is 47.8 Å². The minimum atomic E-state index is -3.02. The van der Waals surface area contributed by atoms with E-state index in [1.807, 2.05) is 4.90 Å². The second-order valence-electron chi connectivity index (χ2n) is 5.76. The Morgan fingerprint density at radius 1 is 1.30 bits per heavy atom. The molecule has 3 rings (SSSR count). The molecular weight excluding hydrogens is 276 g/mol. The van der Waals surface area contributed by atoms with Crippen molar-refractivity contribution in [3.05, 3.63) is 30.1 Å². The third-order valence-corrected chi connectivity index (χ3v) is 6.03. The fourth-order valence-electron chi connectivity index (χ4n) is 3.45. The largest absolute Gasteiger partial charge is 0.333 e. The Morgan fingerprint density at radius 3 is 2.45 bits per heavy atom. The maximum absolute atomic E-state index is 12.6. The van der Waals surface area contributed by atoms with Crippen LogP contribution in [-0.2, 0) is 9.84 Å². The van der Waals surface area contributed by atoms with E-state index in [1.54, 1.807) is 24.5 Å². The Morgan fingerprint density at radius 2 is 1.95 bits per heavy atom. The minimum Gasteiger partial charge on any atom is -0.333 e. The standard InChI is InChI=1S/C14H18N2O3S/c1-20(18,19)13-7-11-4-5-12(8-13)16(11)14(17)10-3-2-6-15-9-10/h2-3,6,9,11-13H,4-5,7-8H2,1H3. The number of carbonyl (C=O) groups excluding carboxylic acids is 1. The summed E-state index contributed by atoms with van der Waals surface area (Å²) in [4.78, 5) is 18.4. The number of aromatic nitrogens is 1. The van der Waals surface area contributed by atoms with E-state index in [0.717, 1.165) is 12.8 Å². The van der Waals surface area contributed by atoms with Crippen LogP contribution in [0.15, 0.2) is 24.5 Å². The van der Waals surface area contributed by atoms with Gasteiger partial charge in [-0.3, -0.25) is 9.78 Å². The number of sulfone groups is 1.